The molecule has 7 nitrogen and oxygen atoms in total. The van der Waals surface area contributed by atoms with Crippen LogP contribution in [0.3, 0.4) is 0 Å². The number of carbonyl (C=O) groups excluding carboxylic acids is 1. The highest BCUT2D eigenvalue weighted by Crippen LogP contribution is 2.37. The highest BCUT2D eigenvalue weighted by Gasteiger charge is 2.21. The van der Waals surface area contributed by atoms with Crippen molar-refractivity contribution in [3.8, 4) is 17.2 Å². The lowest BCUT2D eigenvalue weighted by atomic mass is 10.3. The van der Waals surface area contributed by atoms with Crippen LogP contribution in [0.2, 0.25) is 0 Å². The molecule has 1 aliphatic rings. The van der Waals surface area contributed by atoms with Crippen molar-refractivity contribution in [3.05, 3.63) is 34.3 Å². The van der Waals surface area contributed by atoms with Gasteiger partial charge < -0.3 is 23.8 Å². The zero-order valence-corrected chi connectivity index (χ0v) is 15.0. The molecule has 1 amide bonds. The predicted molar refractivity (Wildman–Crippen MR) is 92.7 cm³/mol. The summed E-state index contributed by atoms with van der Waals surface area (Å²) < 4.78 is 21.7. The summed E-state index contributed by atoms with van der Waals surface area (Å²) in [5, 5.41) is 2.47. The fourth-order valence-electron chi connectivity index (χ4n) is 2.50. The Balaban J connectivity index is 1.67. The summed E-state index contributed by atoms with van der Waals surface area (Å²) in [6, 6.07) is 5.42. The normalized spacial score (nSPS) is 14.2. The Hall–Kier alpha value is -2.32. The van der Waals surface area contributed by atoms with Crippen LogP contribution in [0, 0.1) is 0 Å². The van der Waals surface area contributed by atoms with E-state index in [0.29, 0.717) is 54.3 Å². The first-order valence-electron chi connectivity index (χ1n) is 7.88. The molecule has 1 aromatic carbocycles. The second-order valence-corrected chi connectivity index (χ2v) is 6.25. The van der Waals surface area contributed by atoms with Gasteiger partial charge in [0.15, 0.2) is 11.5 Å². The number of rotatable bonds is 6. The maximum absolute atomic E-state index is 12.4. The summed E-state index contributed by atoms with van der Waals surface area (Å²) in [6.45, 7) is 2.57. The number of aromatic nitrogens is 1. The number of carbonyl (C=O) groups is 1. The summed E-state index contributed by atoms with van der Waals surface area (Å²) in [7, 11) is 3.15. The Morgan fingerprint density at radius 3 is 2.56 bits per heavy atom. The topological polar surface area (TPSA) is 70.1 Å². The quantitative estimate of drug-likeness (QED) is 0.783. The molecule has 134 valence electrons. The van der Waals surface area contributed by atoms with E-state index in [4.69, 9.17) is 18.9 Å². The molecule has 1 aliphatic heterocycles. The van der Waals surface area contributed by atoms with E-state index in [9.17, 15) is 4.79 Å². The van der Waals surface area contributed by atoms with Gasteiger partial charge in [-0.05, 0) is 12.1 Å². The number of hydrogen-bond donors (Lipinski definition) is 0. The zero-order chi connectivity index (χ0) is 17.6. The number of ether oxygens (including phenoxy) is 4. The Labute approximate surface area is 150 Å². The van der Waals surface area contributed by atoms with Gasteiger partial charge in [0.2, 0.25) is 5.75 Å². The van der Waals surface area contributed by atoms with E-state index in [1.165, 1.54) is 11.3 Å². The smallest absolute Gasteiger partial charge is 0.273 e. The van der Waals surface area contributed by atoms with Gasteiger partial charge >= 0.3 is 0 Å². The minimum Gasteiger partial charge on any atom is -0.493 e. The van der Waals surface area contributed by atoms with Crippen molar-refractivity contribution in [3.63, 3.8) is 0 Å². The number of methoxy groups -OCH3 is 2. The largest absolute Gasteiger partial charge is 0.493 e. The minimum atomic E-state index is -0.0688. The van der Waals surface area contributed by atoms with Gasteiger partial charge in [-0.15, -0.1) is 11.3 Å². The Bertz CT molecular complexity index is 705. The molecule has 0 unspecified atom stereocenters. The number of para-hydroxylation sites is 1. The summed E-state index contributed by atoms with van der Waals surface area (Å²) in [4.78, 5) is 18.6. The van der Waals surface area contributed by atoms with Gasteiger partial charge in [-0.2, -0.15) is 0 Å². The van der Waals surface area contributed by atoms with E-state index in [0.717, 1.165) is 0 Å². The van der Waals surface area contributed by atoms with Gasteiger partial charge in [-0.3, -0.25) is 4.79 Å². The number of nitrogens with zero attached hydrogens (tertiary/aromatic N) is 2. The molecule has 0 bridgehead atoms. The monoisotopic (exact) mass is 364 g/mol. The van der Waals surface area contributed by atoms with Crippen LogP contribution in [0.1, 0.15) is 15.5 Å². The summed E-state index contributed by atoms with van der Waals surface area (Å²) >= 11 is 1.39. The van der Waals surface area contributed by atoms with E-state index in [1.54, 1.807) is 36.6 Å². The lowest BCUT2D eigenvalue weighted by Gasteiger charge is -2.25. The SMILES string of the molecule is COc1cccc(OC)c1OCc1nc(C(=O)N2CCOCC2)cs1. The van der Waals surface area contributed by atoms with Crippen molar-refractivity contribution in [2.75, 3.05) is 40.5 Å². The van der Waals surface area contributed by atoms with E-state index in [-0.39, 0.29) is 12.5 Å². The van der Waals surface area contributed by atoms with Crippen molar-refractivity contribution >= 4 is 17.2 Å². The average molecular weight is 364 g/mol. The first-order valence-corrected chi connectivity index (χ1v) is 8.76. The van der Waals surface area contributed by atoms with Gasteiger partial charge in [0.05, 0.1) is 27.4 Å². The number of hydrogen-bond acceptors (Lipinski definition) is 7. The third-order valence-electron chi connectivity index (χ3n) is 3.79. The second kappa shape index (κ2) is 8.17. The van der Waals surface area contributed by atoms with Crippen molar-refractivity contribution in [2.45, 2.75) is 6.61 Å². The van der Waals surface area contributed by atoms with Gasteiger partial charge in [-0.25, -0.2) is 4.98 Å². The van der Waals surface area contributed by atoms with Crippen molar-refractivity contribution in [2.24, 2.45) is 0 Å². The van der Waals surface area contributed by atoms with Crippen LogP contribution in [0.5, 0.6) is 17.2 Å². The maximum Gasteiger partial charge on any atom is 0.273 e. The number of morpholine rings is 1. The molecule has 1 aromatic heterocycles. The Morgan fingerprint density at radius 1 is 1.24 bits per heavy atom. The molecule has 1 fully saturated rings. The molecule has 0 N–H and O–H groups in total. The lowest BCUT2D eigenvalue weighted by Crippen LogP contribution is -2.40. The molecule has 2 aromatic rings. The van der Waals surface area contributed by atoms with E-state index < -0.39 is 0 Å². The third-order valence-corrected chi connectivity index (χ3v) is 4.61. The molecule has 3 rings (SSSR count). The highest BCUT2D eigenvalue weighted by atomic mass is 32.1. The molecule has 0 saturated carbocycles. The third kappa shape index (κ3) is 4.02. The van der Waals surface area contributed by atoms with E-state index in [2.05, 4.69) is 4.98 Å². The van der Waals surface area contributed by atoms with Crippen LogP contribution in [-0.4, -0.2) is 56.3 Å². The lowest BCUT2D eigenvalue weighted by molar-refractivity contribution is 0.0299. The molecule has 0 atom stereocenters. The molecule has 0 aliphatic carbocycles. The van der Waals surface area contributed by atoms with Crippen LogP contribution in [0.25, 0.3) is 0 Å². The van der Waals surface area contributed by atoms with Gasteiger partial charge in [0.1, 0.15) is 17.3 Å². The standard InChI is InChI=1S/C17H20N2O5S/c1-21-13-4-3-5-14(22-2)16(13)24-10-15-18-12(11-25-15)17(20)19-6-8-23-9-7-19/h3-5,11H,6-10H2,1-2H3. The summed E-state index contributed by atoms with van der Waals surface area (Å²) in [6.07, 6.45) is 0. The van der Waals surface area contributed by atoms with Crippen LogP contribution in [0.4, 0.5) is 0 Å². The van der Waals surface area contributed by atoms with Gasteiger partial charge in [-0.1, -0.05) is 6.07 Å². The Morgan fingerprint density at radius 2 is 1.92 bits per heavy atom. The van der Waals surface area contributed by atoms with Crippen molar-refractivity contribution in [1.82, 2.24) is 9.88 Å². The number of benzene rings is 1. The van der Waals surface area contributed by atoms with Crippen LogP contribution < -0.4 is 14.2 Å². The molecular weight excluding hydrogens is 344 g/mol. The highest BCUT2D eigenvalue weighted by molar-refractivity contribution is 7.09. The maximum atomic E-state index is 12.4. The van der Waals surface area contributed by atoms with Crippen molar-refractivity contribution < 1.29 is 23.7 Å². The molecule has 1 saturated heterocycles. The zero-order valence-electron chi connectivity index (χ0n) is 14.2. The molecule has 25 heavy (non-hydrogen) atoms. The molecule has 2 heterocycles. The fraction of sp³-hybridized carbons (Fsp3) is 0.412. The van der Waals surface area contributed by atoms with Crippen LogP contribution in [0.15, 0.2) is 23.6 Å². The predicted octanol–water partition coefficient (Wildman–Crippen LogP) is 2.21. The molecular formula is C17H20N2O5S. The molecule has 0 radical (unpaired) electrons. The number of amides is 1. The summed E-state index contributed by atoms with van der Waals surface area (Å²) in [5.74, 6) is 1.62. The molecule has 0 spiro atoms. The number of thiazole rings is 1. The first-order chi connectivity index (χ1) is 12.2. The van der Waals surface area contributed by atoms with Crippen LogP contribution >= 0.6 is 11.3 Å². The van der Waals surface area contributed by atoms with Crippen molar-refractivity contribution in [1.29, 1.82) is 0 Å². The van der Waals surface area contributed by atoms with Gasteiger partial charge in [0.25, 0.3) is 5.91 Å². The minimum absolute atomic E-state index is 0.0688. The average Bonchev–Trinajstić information content (AvgIpc) is 3.15. The molecule has 8 heteroatoms. The van der Waals surface area contributed by atoms with Crippen LogP contribution in [-0.2, 0) is 11.3 Å². The Kier molecular flexibility index (Phi) is 5.72. The first kappa shape index (κ1) is 17.5. The second-order valence-electron chi connectivity index (χ2n) is 5.31. The summed E-state index contributed by atoms with van der Waals surface area (Å²) in [5.41, 5.74) is 0.442. The van der Waals surface area contributed by atoms with Gasteiger partial charge in [0, 0.05) is 18.5 Å². The van der Waals surface area contributed by atoms with E-state index in [1.807, 2.05) is 6.07 Å². The fourth-order valence-corrected chi connectivity index (χ4v) is 3.18. The van der Waals surface area contributed by atoms with E-state index >= 15 is 0 Å².